The molecule has 2 aliphatic rings. The highest BCUT2D eigenvalue weighted by atomic mass is 16.5. The molecule has 0 radical (unpaired) electrons. The Hall–Kier alpha value is -1.39. The standard InChI is InChI=1S/C20H30N2O2/c1-15(2)22-13-20(10-19(22)23)12-21(7-8-24-14-20)11-18-9-16(3)5-6-17(18)4/h5-6,9,15H,7-8,10-14H2,1-4H3/t20-/m1/s1. The molecule has 2 aliphatic heterocycles. The molecule has 3 rings (SSSR count). The van der Waals surface area contributed by atoms with Gasteiger partial charge in [-0.3, -0.25) is 9.69 Å². The number of hydrogen-bond acceptors (Lipinski definition) is 3. The van der Waals surface area contributed by atoms with Crippen LogP contribution in [0.3, 0.4) is 0 Å². The van der Waals surface area contributed by atoms with Crippen LogP contribution in [0.5, 0.6) is 0 Å². The van der Waals surface area contributed by atoms with Crippen LogP contribution in [0.15, 0.2) is 18.2 Å². The van der Waals surface area contributed by atoms with Crippen LogP contribution in [-0.2, 0) is 16.1 Å². The third-order valence-electron chi connectivity index (χ3n) is 5.39. The lowest BCUT2D eigenvalue weighted by molar-refractivity contribution is -0.129. The first-order chi connectivity index (χ1) is 11.4. The number of carbonyl (C=O) groups excluding carboxylic acids is 1. The molecule has 2 heterocycles. The minimum Gasteiger partial charge on any atom is -0.379 e. The average molecular weight is 330 g/mol. The van der Waals surface area contributed by atoms with Crippen LogP contribution in [0.4, 0.5) is 0 Å². The lowest BCUT2D eigenvalue weighted by atomic mass is 9.87. The Morgan fingerprint density at radius 2 is 2.04 bits per heavy atom. The molecule has 1 spiro atoms. The Balaban J connectivity index is 1.76. The van der Waals surface area contributed by atoms with E-state index in [4.69, 9.17) is 4.74 Å². The van der Waals surface area contributed by atoms with Gasteiger partial charge < -0.3 is 9.64 Å². The van der Waals surface area contributed by atoms with E-state index in [2.05, 4.69) is 50.8 Å². The number of aryl methyl sites for hydroxylation is 2. The van der Waals surface area contributed by atoms with Crippen molar-refractivity contribution in [2.75, 3.05) is 32.8 Å². The van der Waals surface area contributed by atoms with Crippen molar-refractivity contribution in [1.82, 2.24) is 9.80 Å². The summed E-state index contributed by atoms with van der Waals surface area (Å²) in [6.45, 7) is 13.6. The minimum absolute atomic E-state index is 0.0460. The van der Waals surface area contributed by atoms with Gasteiger partial charge in [0.15, 0.2) is 0 Å². The zero-order valence-corrected chi connectivity index (χ0v) is 15.5. The Morgan fingerprint density at radius 1 is 1.25 bits per heavy atom. The smallest absolute Gasteiger partial charge is 0.223 e. The predicted molar refractivity (Wildman–Crippen MR) is 95.9 cm³/mol. The van der Waals surface area contributed by atoms with Gasteiger partial charge in [-0.05, 0) is 38.8 Å². The van der Waals surface area contributed by atoms with Crippen LogP contribution in [0.1, 0.15) is 37.0 Å². The van der Waals surface area contributed by atoms with E-state index in [1.807, 2.05) is 4.90 Å². The SMILES string of the molecule is Cc1ccc(C)c(CN2CCOC[C@]3(CC(=O)N(C(C)C)C3)C2)c1. The van der Waals surface area contributed by atoms with E-state index < -0.39 is 0 Å². The summed E-state index contributed by atoms with van der Waals surface area (Å²) in [6, 6.07) is 6.93. The zero-order chi connectivity index (χ0) is 17.3. The Labute approximate surface area is 145 Å². The zero-order valence-electron chi connectivity index (χ0n) is 15.5. The van der Waals surface area contributed by atoms with E-state index >= 15 is 0 Å². The molecule has 24 heavy (non-hydrogen) atoms. The highest BCUT2D eigenvalue weighted by molar-refractivity contribution is 5.79. The molecular formula is C20H30N2O2. The van der Waals surface area contributed by atoms with Crippen LogP contribution in [0.2, 0.25) is 0 Å². The number of likely N-dealkylation sites (tertiary alicyclic amines) is 1. The molecule has 2 fully saturated rings. The van der Waals surface area contributed by atoms with Gasteiger partial charge in [0.25, 0.3) is 0 Å². The highest BCUT2D eigenvalue weighted by Gasteiger charge is 2.46. The highest BCUT2D eigenvalue weighted by Crippen LogP contribution is 2.35. The topological polar surface area (TPSA) is 32.8 Å². The molecule has 132 valence electrons. The van der Waals surface area contributed by atoms with Crippen LogP contribution >= 0.6 is 0 Å². The molecule has 4 nitrogen and oxygen atoms in total. The Bertz CT molecular complexity index is 614. The van der Waals surface area contributed by atoms with Crippen molar-refractivity contribution in [1.29, 1.82) is 0 Å². The quantitative estimate of drug-likeness (QED) is 0.854. The molecule has 0 saturated carbocycles. The summed E-state index contributed by atoms with van der Waals surface area (Å²) < 4.78 is 5.91. The molecular weight excluding hydrogens is 300 g/mol. The fourth-order valence-corrected chi connectivity index (χ4v) is 4.03. The van der Waals surface area contributed by atoms with E-state index in [0.717, 1.165) is 32.8 Å². The van der Waals surface area contributed by atoms with Crippen molar-refractivity contribution in [3.63, 3.8) is 0 Å². The Morgan fingerprint density at radius 3 is 2.75 bits per heavy atom. The van der Waals surface area contributed by atoms with Gasteiger partial charge in [0.05, 0.1) is 13.2 Å². The van der Waals surface area contributed by atoms with Gasteiger partial charge >= 0.3 is 0 Å². The van der Waals surface area contributed by atoms with Crippen LogP contribution in [-0.4, -0.2) is 54.6 Å². The largest absolute Gasteiger partial charge is 0.379 e. The Kier molecular flexibility index (Phi) is 4.97. The molecule has 2 saturated heterocycles. The van der Waals surface area contributed by atoms with Gasteiger partial charge in [-0.25, -0.2) is 0 Å². The van der Waals surface area contributed by atoms with Gasteiger partial charge in [-0.1, -0.05) is 23.8 Å². The molecule has 0 unspecified atom stereocenters. The number of benzene rings is 1. The predicted octanol–water partition coefficient (Wildman–Crippen LogP) is 2.76. The molecule has 1 amide bonds. The van der Waals surface area contributed by atoms with E-state index in [1.165, 1.54) is 16.7 Å². The second-order valence-corrected chi connectivity index (χ2v) is 7.99. The molecule has 0 N–H and O–H groups in total. The molecule has 1 atom stereocenters. The summed E-state index contributed by atoms with van der Waals surface area (Å²) in [5.41, 5.74) is 3.98. The van der Waals surface area contributed by atoms with Crippen LogP contribution < -0.4 is 0 Å². The normalized spacial score (nSPS) is 25.7. The maximum atomic E-state index is 12.4. The lowest BCUT2D eigenvalue weighted by Gasteiger charge is -2.32. The second-order valence-electron chi connectivity index (χ2n) is 7.99. The number of nitrogens with zero attached hydrogens (tertiary/aromatic N) is 2. The summed E-state index contributed by atoms with van der Waals surface area (Å²) in [7, 11) is 0. The maximum absolute atomic E-state index is 12.4. The average Bonchev–Trinajstić information content (AvgIpc) is 2.71. The second kappa shape index (κ2) is 6.85. The first-order valence-electron chi connectivity index (χ1n) is 9.04. The third-order valence-corrected chi connectivity index (χ3v) is 5.39. The summed E-state index contributed by atoms with van der Waals surface area (Å²) in [6.07, 6.45) is 0.620. The van der Waals surface area contributed by atoms with Crippen molar-refractivity contribution in [3.05, 3.63) is 34.9 Å². The van der Waals surface area contributed by atoms with Crippen LogP contribution in [0, 0.1) is 19.3 Å². The van der Waals surface area contributed by atoms with E-state index in [-0.39, 0.29) is 17.4 Å². The van der Waals surface area contributed by atoms with Gasteiger partial charge in [0.2, 0.25) is 5.91 Å². The van der Waals surface area contributed by atoms with E-state index in [0.29, 0.717) is 13.0 Å². The monoisotopic (exact) mass is 330 g/mol. The minimum atomic E-state index is -0.0460. The third kappa shape index (κ3) is 3.65. The molecule has 0 bridgehead atoms. The molecule has 1 aromatic carbocycles. The molecule has 1 aromatic rings. The van der Waals surface area contributed by atoms with Gasteiger partial charge in [-0.15, -0.1) is 0 Å². The van der Waals surface area contributed by atoms with Crippen molar-refractivity contribution in [2.45, 2.75) is 46.7 Å². The summed E-state index contributed by atoms with van der Waals surface area (Å²) in [5.74, 6) is 0.280. The van der Waals surface area contributed by atoms with Crippen molar-refractivity contribution in [2.24, 2.45) is 5.41 Å². The number of carbonyl (C=O) groups is 1. The van der Waals surface area contributed by atoms with Crippen molar-refractivity contribution in [3.8, 4) is 0 Å². The molecule has 0 aromatic heterocycles. The summed E-state index contributed by atoms with van der Waals surface area (Å²) >= 11 is 0. The first-order valence-corrected chi connectivity index (χ1v) is 9.04. The molecule has 0 aliphatic carbocycles. The molecule has 4 heteroatoms. The van der Waals surface area contributed by atoms with Crippen LogP contribution in [0.25, 0.3) is 0 Å². The summed E-state index contributed by atoms with van der Waals surface area (Å²) in [4.78, 5) is 16.9. The maximum Gasteiger partial charge on any atom is 0.223 e. The van der Waals surface area contributed by atoms with E-state index in [9.17, 15) is 4.79 Å². The number of rotatable bonds is 3. The number of amides is 1. The lowest BCUT2D eigenvalue weighted by Crippen LogP contribution is -2.41. The van der Waals surface area contributed by atoms with Gasteiger partial charge in [0.1, 0.15) is 0 Å². The first kappa shape index (κ1) is 17.4. The van der Waals surface area contributed by atoms with Crippen molar-refractivity contribution >= 4 is 5.91 Å². The summed E-state index contributed by atoms with van der Waals surface area (Å²) in [5, 5.41) is 0. The fraction of sp³-hybridized carbons (Fsp3) is 0.650. The number of ether oxygens (including phenoxy) is 1. The fourth-order valence-electron chi connectivity index (χ4n) is 4.03. The van der Waals surface area contributed by atoms with Gasteiger partial charge in [-0.2, -0.15) is 0 Å². The number of hydrogen-bond donors (Lipinski definition) is 0. The van der Waals surface area contributed by atoms with Gasteiger partial charge in [0, 0.05) is 44.1 Å². The van der Waals surface area contributed by atoms with Crippen molar-refractivity contribution < 1.29 is 9.53 Å². The van der Waals surface area contributed by atoms with E-state index in [1.54, 1.807) is 0 Å².